The Hall–Kier alpha value is -1.73. The van der Waals surface area contributed by atoms with E-state index in [1.54, 1.807) is 0 Å². The second kappa shape index (κ2) is 6.18. The molecule has 0 aliphatic carbocycles. The van der Waals surface area contributed by atoms with Crippen LogP contribution in [0, 0.1) is 6.92 Å². The summed E-state index contributed by atoms with van der Waals surface area (Å²) in [6, 6.07) is 7.75. The molecule has 118 valence electrons. The Balaban J connectivity index is 1.63. The lowest BCUT2D eigenvalue weighted by atomic mass is 10.2. The number of aryl methyl sites for hydroxylation is 1. The van der Waals surface area contributed by atoms with E-state index in [0.29, 0.717) is 37.9 Å². The lowest BCUT2D eigenvalue weighted by Gasteiger charge is -2.26. The number of ether oxygens (including phenoxy) is 1. The Morgan fingerprint density at radius 2 is 1.91 bits per heavy atom. The van der Waals surface area contributed by atoms with Crippen molar-refractivity contribution in [3.8, 4) is 5.88 Å². The fraction of sp³-hybridized carbons (Fsp3) is 0.467. The van der Waals surface area contributed by atoms with Gasteiger partial charge in [-0.15, -0.1) is 0 Å². The van der Waals surface area contributed by atoms with Crippen molar-refractivity contribution in [3.63, 3.8) is 0 Å². The zero-order chi connectivity index (χ0) is 15.6. The van der Waals surface area contributed by atoms with Gasteiger partial charge in [0.25, 0.3) is 0 Å². The number of sulfone groups is 1. The summed E-state index contributed by atoms with van der Waals surface area (Å²) in [6.45, 7) is 4.19. The van der Waals surface area contributed by atoms with Crippen molar-refractivity contribution in [2.75, 3.05) is 37.7 Å². The summed E-state index contributed by atoms with van der Waals surface area (Å²) in [5, 5.41) is 0.898. The molecule has 0 atom stereocenters. The number of nitrogens with zero attached hydrogens (tertiary/aromatic N) is 3. The van der Waals surface area contributed by atoms with Crippen molar-refractivity contribution in [2.45, 2.75) is 6.92 Å². The summed E-state index contributed by atoms with van der Waals surface area (Å²) in [5.41, 5.74) is 0.870. The molecule has 1 aromatic heterocycles. The molecule has 2 aromatic rings. The van der Waals surface area contributed by atoms with Crippen LogP contribution in [0.3, 0.4) is 0 Å². The monoisotopic (exact) mass is 321 g/mol. The topological polar surface area (TPSA) is 72.4 Å². The van der Waals surface area contributed by atoms with Crippen LogP contribution in [0.5, 0.6) is 5.88 Å². The van der Waals surface area contributed by atoms with Crippen molar-refractivity contribution >= 4 is 20.7 Å². The van der Waals surface area contributed by atoms with Crippen molar-refractivity contribution in [1.82, 2.24) is 14.9 Å². The molecular weight excluding hydrogens is 302 g/mol. The quantitative estimate of drug-likeness (QED) is 0.838. The molecular formula is C15H19N3O3S. The largest absolute Gasteiger partial charge is 0.476 e. The minimum atomic E-state index is -2.83. The highest BCUT2D eigenvalue weighted by Gasteiger charge is 2.21. The van der Waals surface area contributed by atoms with Crippen molar-refractivity contribution in [2.24, 2.45) is 0 Å². The average molecular weight is 321 g/mol. The molecule has 6 nitrogen and oxygen atoms in total. The number of para-hydroxylation sites is 1. The molecule has 0 N–H and O–H groups in total. The molecule has 1 saturated heterocycles. The van der Waals surface area contributed by atoms with Crippen LogP contribution in [0.4, 0.5) is 0 Å². The van der Waals surface area contributed by atoms with Gasteiger partial charge in [-0.05, 0) is 19.1 Å². The van der Waals surface area contributed by atoms with Crippen LogP contribution in [-0.2, 0) is 9.84 Å². The molecule has 3 rings (SSSR count). The van der Waals surface area contributed by atoms with E-state index in [-0.39, 0.29) is 11.5 Å². The molecule has 7 heteroatoms. The van der Waals surface area contributed by atoms with Gasteiger partial charge < -0.3 is 4.74 Å². The fourth-order valence-corrected chi connectivity index (χ4v) is 3.79. The third-order valence-electron chi connectivity index (χ3n) is 3.76. The maximum Gasteiger partial charge on any atom is 0.224 e. The zero-order valence-electron chi connectivity index (χ0n) is 12.5. The van der Waals surface area contributed by atoms with E-state index in [1.165, 1.54) is 0 Å². The maximum atomic E-state index is 11.4. The van der Waals surface area contributed by atoms with E-state index in [2.05, 4.69) is 14.9 Å². The number of hydrogen-bond donors (Lipinski definition) is 0. The molecule has 1 aliphatic rings. The smallest absolute Gasteiger partial charge is 0.224 e. The molecule has 0 spiro atoms. The Labute approximate surface area is 130 Å². The minimum Gasteiger partial charge on any atom is -0.476 e. The highest BCUT2D eigenvalue weighted by molar-refractivity contribution is 7.91. The summed E-state index contributed by atoms with van der Waals surface area (Å²) in [5.74, 6) is 1.75. The second-order valence-corrected chi connectivity index (χ2v) is 7.74. The molecule has 0 bridgehead atoms. The van der Waals surface area contributed by atoms with E-state index in [1.807, 2.05) is 31.2 Å². The molecule has 0 radical (unpaired) electrons. The predicted octanol–water partition coefficient (Wildman–Crippen LogP) is 1.05. The summed E-state index contributed by atoms with van der Waals surface area (Å²) < 4.78 is 28.6. The van der Waals surface area contributed by atoms with E-state index in [4.69, 9.17) is 4.74 Å². The number of rotatable bonds is 4. The lowest BCUT2D eigenvalue weighted by Crippen LogP contribution is -2.42. The molecule has 1 fully saturated rings. The van der Waals surface area contributed by atoms with Gasteiger partial charge in [-0.1, -0.05) is 12.1 Å². The first kappa shape index (κ1) is 15.2. The second-order valence-electron chi connectivity index (χ2n) is 5.44. The highest BCUT2D eigenvalue weighted by Crippen LogP contribution is 2.21. The van der Waals surface area contributed by atoms with Crippen molar-refractivity contribution in [1.29, 1.82) is 0 Å². The van der Waals surface area contributed by atoms with E-state index < -0.39 is 9.84 Å². The van der Waals surface area contributed by atoms with Crippen LogP contribution in [0.25, 0.3) is 10.9 Å². The van der Waals surface area contributed by atoms with Crippen LogP contribution in [0.15, 0.2) is 24.3 Å². The minimum absolute atomic E-state index is 0.239. The van der Waals surface area contributed by atoms with E-state index in [9.17, 15) is 8.42 Å². The first-order valence-electron chi connectivity index (χ1n) is 7.32. The maximum absolute atomic E-state index is 11.4. The molecule has 1 aliphatic heterocycles. The third kappa shape index (κ3) is 3.53. The van der Waals surface area contributed by atoms with Gasteiger partial charge in [0.1, 0.15) is 12.4 Å². The van der Waals surface area contributed by atoms with E-state index in [0.717, 1.165) is 10.9 Å². The normalized spacial score (nSPS) is 18.4. The predicted molar refractivity (Wildman–Crippen MR) is 84.9 cm³/mol. The zero-order valence-corrected chi connectivity index (χ0v) is 13.3. The number of aromatic nitrogens is 2. The Bertz CT molecular complexity index is 763. The van der Waals surface area contributed by atoms with Gasteiger partial charge in [-0.2, -0.15) is 4.98 Å². The molecule has 2 heterocycles. The van der Waals surface area contributed by atoms with Crippen LogP contribution in [0.2, 0.25) is 0 Å². The van der Waals surface area contributed by atoms with Crippen LogP contribution in [0.1, 0.15) is 5.82 Å². The summed E-state index contributed by atoms with van der Waals surface area (Å²) in [6.07, 6.45) is 0. The molecule has 0 amide bonds. The SMILES string of the molecule is Cc1nc(OCCN2CCS(=O)(=O)CC2)c2ccccc2n1. The lowest BCUT2D eigenvalue weighted by molar-refractivity contribution is 0.216. The molecule has 0 saturated carbocycles. The van der Waals surface area contributed by atoms with Gasteiger partial charge in [0.15, 0.2) is 9.84 Å². The van der Waals surface area contributed by atoms with Crippen LogP contribution in [-0.4, -0.2) is 61.0 Å². The summed E-state index contributed by atoms with van der Waals surface area (Å²) >= 11 is 0. The molecule has 22 heavy (non-hydrogen) atoms. The molecule has 0 unspecified atom stereocenters. The van der Waals surface area contributed by atoms with Gasteiger partial charge in [0, 0.05) is 19.6 Å². The van der Waals surface area contributed by atoms with Gasteiger partial charge in [0.2, 0.25) is 5.88 Å². The number of benzene rings is 1. The Morgan fingerprint density at radius 1 is 1.18 bits per heavy atom. The third-order valence-corrected chi connectivity index (χ3v) is 5.37. The average Bonchev–Trinajstić information content (AvgIpc) is 2.48. The fourth-order valence-electron chi connectivity index (χ4n) is 2.51. The first-order valence-corrected chi connectivity index (χ1v) is 9.15. The van der Waals surface area contributed by atoms with E-state index >= 15 is 0 Å². The molecule has 1 aromatic carbocycles. The van der Waals surface area contributed by atoms with Gasteiger partial charge >= 0.3 is 0 Å². The first-order chi connectivity index (χ1) is 10.5. The van der Waals surface area contributed by atoms with Crippen molar-refractivity contribution < 1.29 is 13.2 Å². The summed E-state index contributed by atoms with van der Waals surface area (Å²) in [7, 11) is -2.83. The van der Waals surface area contributed by atoms with Crippen molar-refractivity contribution in [3.05, 3.63) is 30.1 Å². The Morgan fingerprint density at radius 3 is 2.68 bits per heavy atom. The summed E-state index contributed by atoms with van der Waals surface area (Å²) in [4.78, 5) is 10.8. The highest BCUT2D eigenvalue weighted by atomic mass is 32.2. The number of fused-ring (bicyclic) bond motifs is 1. The van der Waals surface area contributed by atoms with Gasteiger partial charge in [0.05, 0.1) is 22.4 Å². The standard InChI is InChI=1S/C15H19N3O3S/c1-12-16-14-5-3-2-4-13(14)15(17-12)21-9-6-18-7-10-22(19,20)11-8-18/h2-5H,6-11H2,1H3. The van der Waals surface area contributed by atoms with Crippen LogP contribution >= 0.6 is 0 Å². The van der Waals surface area contributed by atoms with Gasteiger partial charge in [-0.25, -0.2) is 13.4 Å². The Kier molecular flexibility index (Phi) is 4.26. The van der Waals surface area contributed by atoms with Crippen LogP contribution < -0.4 is 4.74 Å². The van der Waals surface area contributed by atoms with Gasteiger partial charge in [-0.3, -0.25) is 4.90 Å². The number of hydrogen-bond acceptors (Lipinski definition) is 6.